The van der Waals surface area contributed by atoms with Gasteiger partial charge in [0.05, 0.1) is 12.0 Å². The van der Waals surface area contributed by atoms with Crippen LogP contribution in [0.4, 0.5) is 0 Å². The van der Waals surface area contributed by atoms with Crippen LogP contribution in [0, 0.1) is 23.2 Å². The first-order valence-corrected chi connectivity index (χ1v) is 11.5. The fourth-order valence-electron chi connectivity index (χ4n) is 6.37. The highest BCUT2D eigenvalue weighted by Crippen LogP contribution is 2.65. The largest absolute Gasteiger partial charge is 0.383 e. The van der Waals surface area contributed by atoms with E-state index in [1.54, 1.807) is 18.4 Å². The molecule has 0 aliphatic heterocycles. The van der Waals surface area contributed by atoms with Gasteiger partial charge < -0.3 is 9.30 Å². The van der Waals surface area contributed by atoms with Crippen LogP contribution in [0.15, 0.2) is 17.3 Å². The summed E-state index contributed by atoms with van der Waals surface area (Å²) in [5.74, 6) is 2.35. The lowest BCUT2D eigenvalue weighted by atomic mass is 9.75. The molecule has 146 valence electrons. The molecule has 1 aromatic heterocycles. The number of ether oxygens (including phenoxy) is 1. The number of aromatic nitrogens is 1. The Hall–Kier alpha value is -1.20. The number of nitrogens with zero attached hydrogens (tertiary/aromatic N) is 2. The van der Waals surface area contributed by atoms with Gasteiger partial charge in [-0.1, -0.05) is 17.4 Å². The number of methoxy groups -OCH3 is 1. The van der Waals surface area contributed by atoms with Gasteiger partial charge in [0.2, 0.25) is 0 Å². The smallest absolute Gasteiger partial charge is 0.254 e. The van der Waals surface area contributed by atoms with E-state index in [1.807, 2.05) is 0 Å². The first kappa shape index (κ1) is 17.9. The van der Waals surface area contributed by atoms with E-state index in [9.17, 15) is 4.79 Å². The second-order valence-electron chi connectivity index (χ2n) is 9.16. The minimum absolute atomic E-state index is 0.124. The molecule has 0 N–H and O–H groups in total. The minimum Gasteiger partial charge on any atom is -0.383 e. The number of rotatable bonds is 5. The maximum absolute atomic E-state index is 13.4. The number of carbonyl (C=O) groups is 1. The van der Waals surface area contributed by atoms with Crippen molar-refractivity contribution in [1.82, 2.24) is 4.57 Å². The first-order valence-electron chi connectivity index (χ1n) is 10.7. The molecule has 0 aromatic carbocycles. The highest BCUT2D eigenvalue weighted by atomic mass is 32.1. The number of amides is 1. The van der Waals surface area contributed by atoms with E-state index in [0.717, 1.165) is 42.4 Å². The molecule has 1 aromatic rings. The van der Waals surface area contributed by atoms with Crippen molar-refractivity contribution >= 4 is 22.8 Å². The van der Waals surface area contributed by atoms with Gasteiger partial charge in [0.1, 0.15) is 0 Å². The van der Waals surface area contributed by atoms with Crippen LogP contribution in [-0.4, -0.2) is 24.2 Å². The summed E-state index contributed by atoms with van der Waals surface area (Å²) in [6.45, 7) is 1.41. The molecular weight excluding hydrogens is 356 g/mol. The Kier molecular flexibility index (Phi) is 4.63. The third-order valence-corrected chi connectivity index (χ3v) is 8.57. The monoisotopic (exact) mass is 386 g/mol. The van der Waals surface area contributed by atoms with Crippen LogP contribution >= 0.6 is 11.3 Å². The molecule has 5 heteroatoms. The van der Waals surface area contributed by atoms with Gasteiger partial charge in [-0.3, -0.25) is 4.79 Å². The Balaban J connectivity index is 1.48. The SMILES string of the molecule is COCCn1cc(C2=CCCCC2)s/c1=N\C(=O)C12CC3CC(CC1C3)C2. The topological polar surface area (TPSA) is 43.6 Å². The van der Waals surface area contributed by atoms with Crippen molar-refractivity contribution < 1.29 is 9.53 Å². The summed E-state index contributed by atoms with van der Waals surface area (Å²) in [6.07, 6.45) is 15.5. The number of allylic oxidation sites excluding steroid dienone is 2. The van der Waals surface area contributed by atoms with Crippen LogP contribution < -0.4 is 4.80 Å². The number of hydrogen-bond donors (Lipinski definition) is 0. The molecule has 0 radical (unpaired) electrons. The van der Waals surface area contributed by atoms with Crippen molar-refractivity contribution in [3.8, 4) is 0 Å². The highest BCUT2D eigenvalue weighted by Gasteiger charge is 2.61. The molecule has 27 heavy (non-hydrogen) atoms. The normalized spacial score (nSPS) is 35.1. The average Bonchev–Trinajstić information content (AvgIpc) is 3.28. The molecule has 4 fully saturated rings. The molecule has 0 spiro atoms. The van der Waals surface area contributed by atoms with Crippen LogP contribution in [0.5, 0.6) is 0 Å². The van der Waals surface area contributed by atoms with Gasteiger partial charge >= 0.3 is 0 Å². The molecule has 4 saturated carbocycles. The zero-order valence-electron chi connectivity index (χ0n) is 16.3. The Morgan fingerprint density at radius 1 is 1.30 bits per heavy atom. The van der Waals surface area contributed by atoms with E-state index in [0.29, 0.717) is 12.5 Å². The molecule has 5 aliphatic rings. The van der Waals surface area contributed by atoms with Crippen LogP contribution in [0.2, 0.25) is 0 Å². The van der Waals surface area contributed by atoms with Gasteiger partial charge in [0.15, 0.2) is 4.80 Å². The van der Waals surface area contributed by atoms with Gasteiger partial charge in [-0.25, -0.2) is 0 Å². The fraction of sp³-hybridized carbons (Fsp3) is 0.727. The van der Waals surface area contributed by atoms with Gasteiger partial charge in [0.25, 0.3) is 5.91 Å². The molecule has 4 bridgehead atoms. The van der Waals surface area contributed by atoms with Crippen LogP contribution in [0.25, 0.3) is 5.57 Å². The number of carbonyl (C=O) groups excluding carboxylic acids is 1. The maximum Gasteiger partial charge on any atom is 0.254 e. The van der Waals surface area contributed by atoms with Crippen molar-refractivity contribution in [2.24, 2.45) is 28.2 Å². The lowest BCUT2D eigenvalue weighted by molar-refractivity contribution is -0.129. The standard InChI is InChI=1S/C22H30N2O2S/c1-26-8-7-24-14-19(17-5-3-2-4-6-17)27-21(24)23-20(25)22-12-15-9-16(13-22)11-18(22)10-15/h5,14-16,18H,2-4,6-13H2,1H3/b23-21-. The van der Waals surface area contributed by atoms with E-state index < -0.39 is 0 Å². The quantitative estimate of drug-likeness (QED) is 0.752. The van der Waals surface area contributed by atoms with Crippen molar-refractivity contribution in [3.63, 3.8) is 0 Å². The predicted molar refractivity (Wildman–Crippen MR) is 107 cm³/mol. The Labute approximate surface area is 165 Å². The third-order valence-electron chi connectivity index (χ3n) is 7.48. The molecular formula is C22H30N2O2S. The van der Waals surface area contributed by atoms with Crippen molar-refractivity contribution in [1.29, 1.82) is 0 Å². The van der Waals surface area contributed by atoms with E-state index in [-0.39, 0.29) is 11.3 Å². The summed E-state index contributed by atoms with van der Waals surface area (Å²) in [4.78, 5) is 20.3. The fourth-order valence-corrected chi connectivity index (χ4v) is 7.45. The molecule has 2 atom stereocenters. The second-order valence-corrected chi connectivity index (χ2v) is 10.2. The third kappa shape index (κ3) is 3.07. The van der Waals surface area contributed by atoms with Gasteiger partial charge in [0, 0.05) is 24.7 Å². The van der Waals surface area contributed by atoms with Crippen LogP contribution in [0.3, 0.4) is 0 Å². The van der Waals surface area contributed by atoms with E-state index in [4.69, 9.17) is 9.73 Å². The lowest BCUT2D eigenvalue weighted by Gasteiger charge is -2.29. The second kappa shape index (κ2) is 7.00. The van der Waals surface area contributed by atoms with E-state index in [1.165, 1.54) is 49.0 Å². The minimum atomic E-state index is -0.124. The molecule has 6 rings (SSSR count). The number of hydrogen-bond acceptors (Lipinski definition) is 3. The van der Waals surface area contributed by atoms with Gasteiger partial charge in [-0.15, -0.1) is 0 Å². The summed E-state index contributed by atoms with van der Waals surface area (Å²) in [5, 5.41) is 0. The van der Waals surface area contributed by atoms with Crippen LogP contribution in [-0.2, 0) is 16.1 Å². The summed E-state index contributed by atoms with van der Waals surface area (Å²) >= 11 is 1.70. The van der Waals surface area contributed by atoms with Gasteiger partial charge in [-0.05, 0) is 81.1 Å². The molecule has 2 unspecified atom stereocenters. The van der Waals surface area contributed by atoms with E-state index in [2.05, 4.69) is 16.8 Å². The lowest BCUT2D eigenvalue weighted by Crippen LogP contribution is -2.33. The van der Waals surface area contributed by atoms with Crippen molar-refractivity contribution in [3.05, 3.63) is 22.0 Å². The Morgan fingerprint density at radius 2 is 2.11 bits per heavy atom. The van der Waals surface area contributed by atoms with Crippen molar-refractivity contribution in [2.75, 3.05) is 13.7 Å². The maximum atomic E-state index is 13.4. The molecule has 1 heterocycles. The highest BCUT2D eigenvalue weighted by molar-refractivity contribution is 7.10. The Bertz CT molecular complexity index is 820. The average molecular weight is 387 g/mol. The molecule has 1 amide bonds. The molecule has 5 aliphatic carbocycles. The van der Waals surface area contributed by atoms with Gasteiger partial charge in [-0.2, -0.15) is 4.99 Å². The molecule has 0 saturated heterocycles. The first-order chi connectivity index (χ1) is 13.2. The number of thiazole rings is 1. The van der Waals surface area contributed by atoms with Crippen molar-refractivity contribution in [2.45, 2.75) is 64.3 Å². The van der Waals surface area contributed by atoms with Crippen LogP contribution in [0.1, 0.15) is 62.7 Å². The zero-order chi connectivity index (χ0) is 18.4. The predicted octanol–water partition coefficient (Wildman–Crippen LogP) is 4.41. The summed E-state index contributed by atoms with van der Waals surface area (Å²) in [7, 11) is 1.73. The summed E-state index contributed by atoms with van der Waals surface area (Å²) in [6, 6.07) is 0. The zero-order valence-corrected chi connectivity index (χ0v) is 17.1. The molecule has 4 nitrogen and oxygen atoms in total. The summed E-state index contributed by atoms with van der Waals surface area (Å²) in [5.41, 5.74) is 1.31. The summed E-state index contributed by atoms with van der Waals surface area (Å²) < 4.78 is 7.44. The Morgan fingerprint density at radius 3 is 2.81 bits per heavy atom. The van der Waals surface area contributed by atoms with E-state index >= 15 is 0 Å².